The Morgan fingerprint density at radius 1 is 1.22 bits per heavy atom. The molecule has 0 aliphatic rings. The highest BCUT2D eigenvalue weighted by Gasteiger charge is 2.25. The summed E-state index contributed by atoms with van der Waals surface area (Å²) in [5, 5.41) is 0.109. The van der Waals surface area contributed by atoms with E-state index in [1.807, 2.05) is 13.8 Å². The Labute approximate surface area is 165 Å². The van der Waals surface area contributed by atoms with Gasteiger partial charge in [-0.1, -0.05) is 43.5 Å². The first-order valence-corrected chi connectivity index (χ1v) is 9.33. The number of anilines is 2. The molecule has 146 valence electrons. The fourth-order valence-electron chi connectivity index (χ4n) is 2.66. The minimum Gasteiger partial charge on any atom is -0.383 e. The number of hydrogen-bond acceptors (Lipinski definition) is 5. The number of nitrogens with zero attached hydrogens (tertiary/aromatic N) is 3. The molecule has 0 atom stereocenters. The summed E-state index contributed by atoms with van der Waals surface area (Å²) < 4.78 is 1.25. The van der Waals surface area contributed by atoms with Crippen LogP contribution < -0.4 is 21.9 Å². The summed E-state index contributed by atoms with van der Waals surface area (Å²) in [6.07, 6.45) is 2.05. The van der Waals surface area contributed by atoms with E-state index in [1.165, 1.54) is 21.6 Å². The van der Waals surface area contributed by atoms with Gasteiger partial charge in [-0.25, -0.2) is 9.78 Å². The van der Waals surface area contributed by atoms with E-state index >= 15 is 0 Å². The van der Waals surface area contributed by atoms with Crippen molar-refractivity contribution < 1.29 is 4.79 Å². The second-order valence-corrected chi connectivity index (χ2v) is 6.73. The SMILES string of the molecule is CCCCN(C(=O)c1cc(Cl)nc(Cl)c1)c1c(N)n(CCC)c(=O)[nH]c1=O. The molecule has 2 aromatic rings. The largest absolute Gasteiger partial charge is 0.383 e. The van der Waals surface area contributed by atoms with Gasteiger partial charge < -0.3 is 10.6 Å². The molecule has 0 spiro atoms. The minimum atomic E-state index is -0.722. The lowest BCUT2D eigenvalue weighted by molar-refractivity contribution is 0.0986. The van der Waals surface area contributed by atoms with Crippen molar-refractivity contribution >= 4 is 40.6 Å². The average molecular weight is 414 g/mol. The van der Waals surface area contributed by atoms with E-state index < -0.39 is 17.2 Å². The number of nitrogens with two attached hydrogens (primary N) is 1. The lowest BCUT2D eigenvalue weighted by Gasteiger charge is -2.24. The van der Waals surface area contributed by atoms with Crippen molar-refractivity contribution in [2.45, 2.75) is 39.7 Å². The van der Waals surface area contributed by atoms with Crippen LogP contribution in [0.3, 0.4) is 0 Å². The molecule has 27 heavy (non-hydrogen) atoms. The van der Waals surface area contributed by atoms with Gasteiger partial charge in [-0.3, -0.25) is 19.1 Å². The molecule has 0 unspecified atom stereocenters. The average Bonchev–Trinajstić information content (AvgIpc) is 2.59. The van der Waals surface area contributed by atoms with Gasteiger partial charge in [0.15, 0.2) is 5.69 Å². The van der Waals surface area contributed by atoms with Gasteiger partial charge in [-0.2, -0.15) is 0 Å². The van der Waals surface area contributed by atoms with Crippen LogP contribution in [-0.4, -0.2) is 27.0 Å². The van der Waals surface area contributed by atoms with Crippen molar-refractivity contribution in [3.05, 3.63) is 48.8 Å². The lowest BCUT2D eigenvalue weighted by atomic mass is 10.2. The van der Waals surface area contributed by atoms with Crippen molar-refractivity contribution in [2.75, 3.05) is 17.2 Å². The number of aromatic amines is 1. The van der Waals surface area contributed by atoms with Gasteiger partial charge in [0.05, 0.1) is 0 Å². The van der Waals surface area contributed by atoms with E-state index in [-0.39, 0.29) is 33.9 Å². The summed E-state index contributed by atoms with van der Waals surface area (Å²) in [4.78, 5) is 44.9. The zero-order valence-corrected chi connectivity index (χ0v) is 16.6. The van der Waals surface area contributed by atoms with Crippen molar-refractivity contribution in [2.24, 2.45) is 0 Å². The highest BCUT2D eigenvalue weighted by molar-refractivity contribution is 6.33. The number of nitrogen functional groups attached to an aromatic ring is 1. The predicted octanol–water partition coefficient (Wildman–Crippen LogP) is 2.68. The summed E-state index contributed by atoms with van der Waals surface area (Å²) in [6, 6.07) is 2.72. The second-order valence-electron chi connectivity index (χ2n) is 5.96. The molecule has 1 amide bonds. The zero-order chi connectivity index (χ0) is 20.1. The number of H-pyrrole nitrogens is 1. The van der Waals surface area contributed by atoms with Gasteiger partial charge in [-0.05, 0) is 25.0 Å². The van der Waals surface area contributed by atoms with Gasteiger partial charge in [0.2, 0.25) is 0 Å². The summed E-state index contributed by atoms with van der Waals surface area (Å²) in [5.74, 6) is -0.560. The van der Waals surface area contributed by atoms with Gasteiger partial charge in [0.25, 0.3) is 11.5 Å². The Bertz CT molecular complexity index is 934. The second kappa shape index (κ2) is 9.05. The fourth-order valence-corrected chi connectivity index (χ4v) is 3.12. The zero-order valence-electron chi connectivity index (χ0n) is 15.1. The first kappa shape index (κ1) is 21.0. The molecule has 0 aliphatic heterocycles. The Hall–Kier alpha value is -2.32. The number of amides is 1. The fraction of sp³-hybridized carbons (Fsp3) is 0.412. The van der Waals surface area contributed by atoms with Gasteiger partial charge in [-0.15, -0.1) is 0 Å². The van der Waals surface area contributed by atoms with Crippen molar-refractivity contribution in [1.82, 2.24) is 14.5 Å². The Kier molecular flexibility index (Phi) is 7.04. The summed E-state index contributed by atoms with van der Waals surface area (Å²) >= 11 is 11.8. The number of aromatic nitrogens is 3. The molecule has 10 heteroatoms. The first-order valence-electron chi connectivity index (χ1n) is 8.57. The molecule has 0 aromatic carbocycles. The maximum atomic E-state index is 13.1. The number of nitrogens with one attached hydrogen (secondary N) is 1. The van der Waals surface area contributed by atoms with Crippen LogP contribution in [0.5, 0.6) is 0 Å². The van der Waals surface area contributed by atoms with Crippen molar-refractivity contribution in [3.63, 3.8) is 0 Å². The molecule has 8 nitrogen and oxygen atoms in total. The summed E-state index contributed by atoms with van der Waals surface area (Å²) in [5.41, 5.74) is 4.88. The van der Waals surface area contributed by atoms with Crippen LogP contribution in [-0.2, 0) is 6.54 Å². The van der Waals surface area contributed by atoms with E-state index in [1.54, 1.807) is 0 Å². The number of hydrogen-bond donors (Lipinski definition) is 2. The molecule has 0 bridgehead atoms. The first-order chi connectivity index (χ1) is 12.8. The van der Waals surface area contributed by atoms with E-state index in [0.29, 0.717) is 19.4 Å². The molecule has 0 radical (unpaired) electrons. The molecule has 0 fully saturated rings. The van der Waals surface area contributed by atoms with Gasteiger partial charge in [0.1, 0.15) is 16.1 Å². The topological polar surface area (TPSA) is 114 Å². The molecular formula is C17H21Cl2N5O3. The van der Waals surface area contributed by atoms with Gasteiger partial charge in [0, 0.05) is 18.7 Å². The monoisotopic (exact) mass is 413 g/mol. The highest BCUT2D eigenvalue weighted by Crippen LogP contribution is 2.22. The number of pyridine rings is 1. The predicted molar refractivity (Wildman–Crippen MR) is 107 cm³/mol. The van der Waals surface area contributed by atoms with Crippen LogP contribution in [0.4, 0.5) is 11.5 Å². The van der Waals surface area contributed by atoms with E-state index in [4.69, 9.17) is 28.9 Å². The number of carbonyl (C=O) groups excluding carboxylic acids is 1. The third kappa shape index (κ3) is 4.70. The minimum absolute atomic E-state index is 0.0543. The normalized spacial score (nSPS) is 10.8. The maximum Gasteiger partial charge on any atom is 0.330 e. The number of unbranched alkanes of at least 4 members (excludes halogenated alkanes) is 1. The number of carbonyl (C=O) groups is 1. The number of halogens is 2. The molecule has 3 N–H and O–H groups in total. The van der Waals surface area contributed by atoms with Crippen LogP contribution in [0.2, 0.25) is 10.3 Å². The van der Waals surface area contributed by atoms with Crippen LogP contribution in [0, 0.1) is 0 Å². The molecule has 2 heterocycles. The Morgan fingerprint density at radius 3 is 2.41 bits per heavy atom. The van der Waals surface area contributed by atoms with Crippen LogP contribution in [0.1, 0.15) is 43.5 Å². The van der Waals surface area contributed by atoms with E-state index in [2.05, 4.69) is 9.97 Å². The van der Waals surface area contributed by atoms with Gasteiger partial charge >= 0.3 is 5.69 Å². The smallest absolute Gasteiger partial charge is 0.330 e. The number of rotatable bonds is 7. The third-order valence-corrected chi connectivity index (χ3v) is 4.31. The molecule has 0 aliphatic carbocycles. The molecular weight excluding hydrogens is 393 g/mol. The molecule has 2 aromatic heterocycles. The standard InChI is InChI=1S/C17H21Cl2N5O3/c1-3-5-7-23(16(26)10-8-11(18)21-12(19)9-10)13-14(20)24(6-4-2)17(27)22-15(13)25/h8-9H,3-7,20H2,1-2H3,(H,22,25,27). The van der Waals surface area contributed by atoms with Crippen molar-refractivity contribution in [3.8, 4) is 0 Å². The Balaban J connectivity index is 2.63. The maximum absolute atomic E-state index is 13.1. The summed E-state index contributed by atoms with van der Waals surface area (Å²) in [7, 11) is 0. The lowest BCUT2D eigenvalue weighted by Crippen LogP contribution is -2.41. The van der Waals surface area contributed by atoms with Crippen LogP contribution >= 0.6 is 23.2 Å². The molecule has 2 rings (SSSR count). The van der Waals surface area contributed by atoms with Crippen LogP contribution in [0.15, 0.2) is 21.7 Å². The molecule has 0 saturated heterocycles. The summed E-state index contributed by atoms with van der Waals surface area (Å²) in [6.45, 7) is 4.38. The Morgan fingerprint density at radius 2 is 1.85 bits per heavy atom. The van der Waals surface area contributed by atoms with E-state index in [9.17, 15) is 14.4 Å². The highest BCUT2D eigenvalue weighted by atomic mass is 35.5. The quantitative estimate of drug-likeness (QED) is 0.677. The van der Waals surface area contributed by atoms with E-state index in [0.717, 1.165) is 6.42 Å². The molecule has 0 saturated carbocycles. The van der Waals surface area contributed by atoms with Crippen LogP contribution in [0.25, 0.3) is 0 Å². The van der Waals surface area contributed by atoms with Crippen molar-refractivity contribution in [1.29, 1.82) is 0 Å². The third-order valence-electron chi connectivity index (χ3n) is 3.92.